The minimum Gasteiger partial charge on any atom is -0.461 e. The molecule has 1 aromatic carbocycles. The molecule has 0 saturated heterocycles. The highest BCUT2D eigenvalue weighted by Crippen LogP contribution is 2.42. The first-order valence-electron chi connectivity index (χ1n) is 7.60. The molecule has 0 atom stereocenters. The van der Waals surface area contributed by atoms with Crippen LogP contribution < -0.4 is 0 Å². The number of hydrogen-bond acceptors (Lipinski definition) is 5. The molecule has 0 unspecified atom stereocenters. The molecule has 0 fully saturated rings. The molecule has 6 nitrogen and oxygen atoms in total. The second kappa shape index (κ2) is 8.46. The van der Waals surface area contributed by atoms with Crippen molar-refractivity contribution in [3.8, 4) is 11.1 Å². The highest BCUT2D eigenvalue weighted by Gasteiger charge is 2.27. The Bertz CT molecular complexity index is 801. The molecule has 0 bridgehead atoms. The fraction of sp³-hybridized carbons (Fsp3) is 0.353. The Balaban J connectivity index is 2.76. The Hall–Kier alpha value is -1.19. The summed E-state index contributed by atoms with van der Waals surface area (Å²) in [6, 6.07) is 3.44. The van der Waals surface area contributed by atoms with Gasteiger partial charge in [-0.15, -0.1) is 0 Å². The Morgan fingerprint density at radius 3 is 2.28 bits per heavy atom. The maximum atomic E-state index is 12.2. The summed E-state index contributed by atoms with van der Waals surface area (Å²) in [5.74, 6) is -0.469. The van der Waals surface area contributed by atoms with E-state index >= 15 is 0 Å². The first-order valence-corrected chi connectivity index (χ1v) is 9.18. The fourth-order valence-electron chi connectivity index (χ4n) is 2.78. The first-order chi connectivity index (χ1) is 11.9. The second-order valence-electron chi connectivity index (χ2n) is 5.31. The van der Waals surface area contributed by atoms with Crippen LogP contribution in [0.4, 0.5) is 0 Å². The monoisotopic (exact) mass is 475 g/mol. The van der Waals surface area contributed by atoms with Gasteiger partial charge in [-0.25, -0.2) is 4.79 Å². The van der Waals surface area contributed by atoms with Crippen LogP contribution in [0.3, 0.4) is 0 Å². The molecular formula is C17H19Br2NO5. The topological polar surface area (TPSA) is 91.9 Å². The SMILES string of the molecule is CCOC(=O)c1c(Br)c(-c2ccc(CO)c(CO)c2CO)c(Br)n1C. The molecule has 3 N–H and O–H groups in total. The van der Waals surface area contributed by atoms with Crippen molar-refractivity contribution in [3.05, 3.63) is 43.6 Å². The molecule has 8 heteroatoms. The molecule has 25 heavy (non-hydrogen) atoms. The van der Waals surface area contributed by atoms with Gasteiger partial charge in [0.1, 0.15) is 5.69 Å². The van der Waals surface area contributed by atoms with Gasteiger partial charge < -0.3 is 24.6 Å². The third-order valence-electron chi connectivity index (χ3n) is 4.02. The summed E-state index contributed by atoms with van der Waals surface area (Å²) in [7, 11) is 1.72. The molecule has 1 heterocycles. The Morgan fingerprint density at radius 1 is 1.12 bits per heavy atom. The molecule has 0 aliphatic carbocycles. The average molecular weight is 477 g/mol. The van der Waals surface area contributed by atoms with Crippen LogP contribution in [0.2, 0.25) is 0 Å². The van der Waals surface area contributed by atoms with Crippen molar-refractivity contribution in [1.82, 2.24) is 4.57 Å². The number of aliphatic hydroxyl groups excluding tert-OH is 3. The van der Waals surface area contributed by atoms with E-state index in [1.165, 1.54) is 0 Å². The van der Waals surface area contributed by atoms with Gasteiger partial charge >= 0.3 is 5.97 Å². The van der Waals surface area contributed by atoms with Gasteiger partial charge in [-0.2, -0.15) is 0 Å². The zero-order valence-electron chi connectivity index (χ0n) is 13.8. The predicted octanol–water partition coefficient (Wildman–Crippen LogP) is 2.87. The summed E-state index contributed by atoms with van der Waals surface area (Å²) < 4.78 is 7.90. The van der Waals surface area contributed by atoms with Gasteiger partial charge in [0.15, 0.2) is 0 Å². The van der Waals surface area contributed by atoms with E-state index < -0.39 is 5.97 Å². The maximum absolute atomic E-state index is 12.2. The number of hydrogen-bond donors (Lipinski definition) is 3. The number of carbonyl (C=O) groups excluding carboxylic acids is 1. The Morgan fingerprint density at radius 2 is 1.76 bits per heavy atom. The summed E-state index contributed by atoms with van der Waals surface area (Å²) in [4.78, 5) is 12.2. The molecular weight excluding hydrogens is 458 g/mol. The first kappa shape index (κ1) is 20.1. The van der Waals surface area contributed by atoms with E-state index in [-0.39, 0.29) is 26.4 Å². The Kier molecular flexibility index (Phi) is 6.81. The number of halogens is 2. The van der Waals surface area contributed by atoms with Crippen molar-refractivity contribution in [2.75, 3.05) is 6.61 Å². The number of nitrogens with zero attached hydrogens (tertiary/aromatic N) is 1. The van der Waals surface area contributed by atoms with Crippen LogP contribution in [0.5, 0.6) is 0 Å². The standard InChI is InChI=1S/C17H19Br2NO5/c1-3-25-17(24)15-14(18)13(16(19)20(15)2)10-5-4-9(6-21)11(7-22)12(10)8-23/h4-5,21-23H,3,6-8H2,1-2H3. The van der Waals surface area contributed by atoms with Gasteiger partial charge in [0.2, 0.25) is 0 Å². The lowest BCUT2D eigenvalue weighted by Crippen LogP contribution is -2.10. The number of aliphatic hydroxyl groups is 3. The number of rotatable bonds is 6. The molecule has 2 rings (SSSR count). The molecule has 0 aliphatic heterocycles. The van der Waals surface area contributed by atoms with Crippen molar-refractivity contribution in [2.45, 2.75) is 26.7 Å². The van der Waals surface area contributed by atoms with Crippen molar-refractivity contribution < 1.29 is 24.9 Å². The minimum atomic E-state index is -0.469. The average Bonchev–Trinajstić information content (AvgIpc) is 2.82. The van der Waals surface area contributed by atoms with Gasteiger partial charge in [-0.05, 0) is 61.0 Å². The van der Waals surface area contributed by atoms with Gasteiger partial charge in [0, 0.05) is 12.6 Å². The van der Waals surface area contributed by atoms with Crippen LogP contribution >= 0.6 is 31.9 Å². The normalized spacial score (nSPS) is 11.0. The number of esters is 1. The van der Waals surface area contributed by atoms with E-state index in [4.69, 9.17) is 4.74 Å². The van der Waals surface area contributed by atoms with Crippen LogP contribution in [0.15, 0.2) is 21.2 Å². The van der Waals surface area contributed by atoms with Crippen LogP contribution in [0.1, 0.15) is 34.1 Å². The third-order valence-corrected chi connectivity index (χ3v) is 5.72. The highest BCUT2D eigenvalue weighted by atomic mass is 79.9. The lowest BCUT2D eigenvalue weighted by Gasteiger charge is -2.15. The molecule has 136 valence electrons. The number of benzene rings is 1. The smallest absolute Gasteiger partial charge is 0.356 e. The number of ether oxygens (including phenoxy) is 1. The van der Waals surface area contributed by atoms with Crippen molar-refractivity contribution in [1.29, 1.82) is 0 Å². The van der Waals surface area contributed by atoms with E-state index in [2.05, 4.69) is 31.9 Å². The van der Waals surface area contributed by atoms with E-state index in [0.717, 1.165) is 0 Å². The molecule has 0 radical (unpaired) electrons. The minimum absolute atomic E-state index is 0.242. The van der Waals surface area contributed by atoms with E-state index in [1.54, 1.807) is 30.7 Å². The summed E-state index contributed by atoms with van der Waals surface area (Å²) in [6.45, 7) is 1.11. The highest BCUT2D eigenvalue weighted by molar-refractivity contribution is 9.11. The largest absolute Gasteiger partial charge is 0.461 e. The van der Waals surface area contributed by atoms with Crippen molar-refractivity contribution in [3.63, 3.8) is 0 Å². The van der Waals surface area contributed by atoms with E-state index in [1.807, 2.05) is 0 Å². The molecule has 0 aliphatic rings. The number of aromatic nitrogens is 1. The van der Waals surface area contributed by atoms with Gasteiger partial charge in [0.25, 0.3) is 0 Å². The number of carbonyl (C=O) groups is 1. The third kappa shape index (κ3) is 3.54. The van der Waals surface area contributed by atoms with Gasteiger partial charge in [0.05, 0.1) is 35.5 Å². The molecule has 0 amide bonds. The lowest BCUT2D eigenvalue weighted by atomic mass is 9.93. The molecule has 0 spiro atoms. The van der Waals surface area contributed by atoms with E-state index in [0.29, 0.717) is 42.6 Å². The summed E-state index contributed by atoms with van der Waals surface area (Å²) >= 11 is 6.95. The quantitative estimate of drug-likeness (QED) is 0.557. The van der Waals surface area contributed by atoms with Gasteiger partial charge in [-0.1, -0.05) is 12.1 Å². The summed E-state index contributed by atoms with van der Waals surface area (Å²) in [5, 5.41) is 28.9. The van der Waals surface area contributed by atoms with Crippen LogP contribution in [-0.4, -0.2) is 32.5 Å². The Labute approximate surface area is 162 Å². The zero-order chi connectivity index (χ0) is 18.7. The molecule has 0 saturated carbocycles. The van der Waals surface area contributed by atoms with Crippen molar-refractivity contribution >= 4 is 37.8 Å². The fourth-order valence-corrected chi connectivity index (χ4v) is 4.46. The van der Waals surface area contributed by atoms with E-state index in [9.17, 15) is 20.1 Å². The van der Waals surface area contributed by atoms with Crippen LogP contribution in [-0.2, 0) is 31.6 Å². The lowest BCUT2D eigenvalue weighted by molar-refractivity contribution is 0.0514. The van der Waals surface area contributed by atoms with Crippen LogP contribution in [0, 0.1) is 0 Å². The summed E-state index contributed by atoms with van der Waals surface area (Å²) in [5.41, 5.74) is 3.16. The van der Waals surface area contributed by atoms with Crippen molar-refractivity contribution in [2.24, 2.45) is 7.05 Å². The maximum Gasteiger partial charge on any atom is 0.356 e. The zero-order valence-corrected chi connectivity index (χ0v) is 17.0. The second-order valence-corrected chi connectivity index (χ2v) is 6.86. The summed E-state index contributed by atoms with van der Waals surface area (Å²) in [6.07, 6.45) is 0. The molecule has 2 aromatic rings. The predicted molar refractivity (Wildman–Crippen MR) is 100.0 cm³/mol. The van der Waals surface area contributed by atoms with Gasteiger partial charge in [-0.3, -0.25) is 0 Å². The molecule has 1 aromatic heterocycles. The van der Waals surface area contributed by atoms with Crippen LogP contribution in [0.25, 0.3) is 11.1 Å².